The minimum absolute atomic E-state index is 0.145. The van der Waals surface area contributed by atoms with Crippen molar-refractivity contribution in [3.63, 3.8) is 0 Å². The molecule has 2 aliphatic rings. The lowest BCUT2D eigenvalue weighted by molar-refractivity contribution is 0.0661. The third kappa shape index (κ3) is 3.58. The molecule has 96 valence electrons. The van der Waals surface area contributed by atoms with Gasteiger partial charge in [0.15, 0.2) is 0 Å². The van der Waals surface area contributed by atoms with Crippen molar-refractivity contribution < 1.29 is 9.47 Å². The Morgan fingerprint density at radius 3 is 2.53 bits per heavy atom. The van der Waals surface area contributed by atoms with E-state index in [9.17, 15) is 0 Å². The number of allylic oxidation sites excluding steroid dienone is 1. The summed E-state index contributed by atoms with van der Waals surface area (Å²) >= 11 is 0. The molecule has 1 saturated carbocycles. The van der Waals surface area contributed by atoms with Gasteiger partial charge in [-0.05, 0) is 30.9 Å². The van der Waals surface area contributed by atoms with Gasteiger partial charge in [-0.1, -0.05) is 6.08 Å². The third-order valence-electron chi connectivity index (χ3n) is 3.58. The molecule has 0 amide bonds. The maximum atomic E-state index is 5.48. The van der Waals surface area contributed by atoms with E-state index in [1.54, 1.807) is 14.2 Å². The molecule has 3 heteroatoms. The smallest absolute Gasteiger partial charge is 0.0802 e. The molecule has 0 radical (unpaired) electrons. The molecule has 17 heavy (non-hydrogen) atoms. The Morgan fingerprint density at radius 2 is 1.94 bits per heavy atom. The van der Waals surface area contributed by atoms with Crippen LogP contribution in [0.1, 0.15) is 19.3 Å². The minimum atomic E-state index is 0.145. The first-order valence-electron chi connectivity index (χ1n) is 6.39. The molecule has 2 unspecified atom stereocenters. The lowest BCUT2D eigenvalue weighted by Gasteiger charge is -2.21. The molecule has 0 heterocycles. The van der Waals surface area contributed by atoms with Crippen LogP contribution in [0.3, 0.4) is 0 Å². The molecule has 2 rings (SSSR count). The molecule has 0 aromatic heterocycles. The second-order valence-corrected chi connectivity index (χ2v) is 5.06. The van der Waals surface area contributed by atoms with Gasteiger partial charge < -0.3 is 14.4 Å². The van der Waals surface area contributed by atoms with Crippen LogP contribution in [0.4, 0.5) is 0 Å². The van der Waals surface area contributed by atoms with Crippen molar-refractivity contribution in [2.75, 3.05) is 27.8 Å². The van der Waals surface area contributed by atoms with E-state index in [-0.39, 0.29) is 12.2 Å². The van der Waals surface area contributed by atoms with Gasteiger partial charge in [0.25, 0.3) is 0 Å². The van der Waals surface area contributed by atoms with Gasteiger partial charge >= 0.3 is 0 Å². The van der Waals surface area contributed by atoms with Crippen molar-refractivity contribution in [3.05, 3.63) is 23.9 Å². The van der Waals surface area contributed by atoms with Crippen LogP contribution in [0, 0.1) is 5.92 Å². The maximum absolute atomic E-state index is 5.48. The molecule has 0 bridgehead atoms. The predicted molar refractivity (Wildman–Crippen MR) is 68.8 cm³/mol. The summed E-state index contributed by atoms with van der Waals surface area (Å²) < 4.78 is 10.9. The molecule has 0 spiro atoms. The molecule has 0 aromatic rings. The minimum Gasteiger partial charge on any atom is -0.377 e. The molecule has 0 aromatic carbocycles. The number of nitrogens with zero attached hydrogens (tertiary/aromatic N) is 1. The molecule has 2 aliphatic carbocycles. The number of likely N-dealkylation sites (N-methyl/N-ethyl adjacent to an activating group) is 1. The van der Waals surface area contributed by atoms with Crippen LogP contribution < -0.4 is 0 Å². The van der Waals surface area contributed by atoms with Crippen molar-refractivity contribution in [1.82, 2.24) is 4.90 Å². The Hall–Kier alpha value is -0.800. The Morgan fingerprint density at radius 1 is 1.24 bits per heavy atom. The van der Waals surface area contributed by atoms with Crippen LogP contribution >= 0.6 is 0 Å². The zero-order valence-electron chi connectivity index (χ0n) is 11.1. The van der Waals surface area contributed by atoms with E-state index in [1.807, 2.05) is 0 Å². The average Bonchev–Trinajstić information content (AvgIpc) is 3.14. The van der Waals surface area contributed by atoms with Crippen LogP contribution in [0.2, 0.25) is 0 Å². The van der Waals surface area contributed by atoms with Crippen molar-refractivity contribution in [2.45, 2.75) is 31.5 Å². The highest BCUT2D eigenvalue weighted by Gasteiger charge is 2.24. The Balaban J connectivity index is 2.03. The van der Waals surface area contributed by atoms with Gasteiger partial charge in [-0.15, -0.1) is 0 Å². The zero-order valence-corrected chi connectivity index (χ0v) is 11.1. The average molecular weight is 237 g/mol. The van der Waals surface area contributed by atoms with Crippen LogP contribution in [-0.2, 0) is 9.47 Å². The third-order valence-corrected chi connectivity index (χ3v) is 3.58. The number of hydrogen-bond acceptors (Lipinski definition) is 3. The van der Waals surface area contributed by atoms with E-state index in [1.165, 1.54) is 18.5 Å². The van der Waals surface area contributed by atoms with Gasteiger partial charge in [-0.25, -0.2) is 0 Å². The summed E-state index contributed by atoms with van der Waals surface area (Å²) in [6.45, 7) is 1.16. The zero-order chi connectivity index (χ0) is 12.3. The van der Waals surface area contributed by atoms with Crippen molar-refractivity contribution >= 4 is 0 Å². The number of methoxy groups -OCH3 is 2. The standard InChI is InChI=1S/C14H23NO2/c1-15(10-11-4-5-11)12-6-7-13(16-2)9-14(8-12)17-3/h6-8,11,13-14H,4-5,9-10H2,1-3H3. The fourth-order valence-electron chi connectivity index (χ4n) is 2.21. The molecule has 0 aliphatic heterocycles. The summed E-state index contributed by atoms with van der Waals surface area (Å²) in [6.07, 6.45) is 10.5. The van der Waals surface area contributed by atoms with Crippen molar-refractivity contribution in [3.8, 4) is 0 Å². The van der Waals surface area contributed by atoms with Gasteiger partial charge in [0.05, 0.1) is 12.2 Å². The van der Waals surface area contributed by atoms with Crippen LogP contribution in [0.15, 0.2) is 23.9 Å². The molecular weight excluding hydrogens is 214 g/mol. The van der Waals surface area contributed by atoms with Crippen LogP contribution in [-0.4, -0.2) is 44.9 Å². The lowest BCUT2D eigenvalue weighted by Crippen LogP contribution is -2.21. The van der Waals surface area contributed by atoms with Gasteiger partial charge in [0.2, 0.25) is 0 Å². The Kier molecular flexibility index (Phi) is 4.24. The first-order chi connectivity index (χ1) is 8.22. The predicted octanol–water partition coefficient (Wildman–Crippen LogP) is 2.20. The fourth-order valence-corrected chi connectivity index (χ4v) is 2.21. The summed E-state index contributed by atoms with van der Waals surface area (Å²) in [5, 5.41) is 0. The SMILES string of the molecule is COC1C=CC(N(C)CC2CC2)=CC(OC)C1. The first kappa shape index (κ1) is 12.7. The largest absolute Gasteiger partial charge is 0.377 e. The highest BCUT2D eigenvalue weighted by atomic mass is 16.5. The topological polar surface area (TPSA) is 21.7 Å². The number of ether oxygens (including phenoxy) is 2. The van der Waals surface area contributed by atoms with Crippen LogP contribution in [0.5, 0.6) is 0 Å². The summed E-state index contributed by atoms with van der Waals surface area (Å²) in [4.78, 5) is 2.33. The van der Waals surface area contributed by atoms with Crippen molar-refractivity contribution in [2.24, 2.45) is 5.92 Å². The molecule has 2 atom stereocenters. The van der Waals surface area contributed by atoms with Crippen LogP contribution in [0.25, 0.3) is 0 Å². The summed E-state index contributed by atoms with van der Waals surface area (Å²) in [6, 6.07) is 0. The monoisotopic (exact) mass is 237 g/mol. The van der Waals surface area contributed by atoms with E-state index in [4.69, 9.17) is 9.47 Å². The highest BCUT2D eigenvalue weighted by molar-refractivity contribution is 5.23. The fraction of sp³-hybridized carbons (Fsp3) is 0.714. The first-order valence-corrected chi connectivity index (χ1v) is 6.39. The molecule has 0 N–H and O–H groups in total. The second-order valence-electron chi connectivity index (χ2n) is 5.06. The lowest BCUT2D eigenvalue weighted by atomic mass is 10.1. The van der Waals surface area contributed by atoms with Gasteiger partial charge in [-0.2, -0.15) is 0 Å². The Bertz CT molecular complexity index is 307. The van der Waals surface area contributed by atoms with Gasteiger partial charge in [0.1, 0.15) is 0 Å². The van der Waals surface area contributed by atoms with E-state index >= 15 is 0 Å². The molecule has 0 saturated heterocycles. The molecule has 3 nitrogen and oxygen atoms in total. The van der Waals surface area contributed by atoms with E-state index in [0.717, 1.165) is 18.9 Å². The highest BCUT2D eigenvalue weighted by Crippen LogP contribution is 2.30. The molecular formula is C14H23NO2. The summed E-state index contributed by atoms with van der Waals surface area (Å²) in [7, 11) is 5.67. The quantitative estimate of drug-likeness (QED) is 0.731. The summed E-state index contributed by atoms with van der Waals surface area (Å²) in [5.74, 6) is 0.900. The number of hydrogen-bond donors (Lipinski definition) is 0. The van der Waals surface area contributed by atoms with E-state index in [2.05, 4.69) is 30.2 Å². The normalized spacial score (nSPS) is 28.8. The molecule has 1 fully saturated rings. The second kappa shape index (κ2) is 5.69. The van der Waals surface area contributed by atoms with E-state index < -0.39 is 0 Å². The van der Waals surface area contributed by atoms with Gasteiger partial charge in [0, 0.05) is 39.9 Å². The van der Waals surface area contributed by atoms with E-state index in [0.29, 0.717) is 0 Å². The van der Waals surface area contributed by atoms with Crippen molar-refractivity contribution in [1.29, 1.82) is 0 Å². The number of rotatable bonds is 5. The van der Waals surface area contributed by atoms with Gasteiger partial charge in [-0.3, -0.25) is 0 Å². The maximum Gasteiger partial charge on any atom is 0.0802 e. The summed E-state index contributed by atoms with van der Waals surface area (Å²) in [5.41, 5.74) is 1.25. The Labute approximate surface area is 104 Å².